The predicted octanol–water partition coefficient (Wildman–Crippen LogP) is 4.31. The van der Waals surface area contributed by atoms with Crippen LogP contribution >= 0.6 is 28.1 Å². The fraction of sp³-hybridized carbons (Fsp3) is 0.286. The first-order valence-corrected chi connectivity index (χ1v) is 10.2. The van der Waals surface area contributed by atoms with Gasteiger partial charge in [0.1, 0.15) is 5.75 Å². The van der Waals surface area contributed by atoms with Crippen molar-refractivity contribution in [1.82, 2.24) is 10.2 Å². The first kappa shape index (κ1) is 22.8. The van der Waals surface area contributed by atoms with Crippen LogP contribution in [0.25, 0.3) is 0 Å². The second-order valence-corrected chi connectivity index (χ2v) is 8.27. The van der Waals surface area contributed by atoms with Crippen LogP contribution < -0.4 is 15.4 Å². The van der Waals surface area contributed by atoms with Crippen molar-refractivity contribution in [3.05, 3.63) is 58.1 Å². The monoisotopic (exact) mass is 477 g/mol. The Morgan fingerprint density at radius 2 is 1.86 bits per heavy atom. The van der Waals surface area contributed by atoms with E-state index < -0.39 is 0 Å². The Balaban J connectivity index is 2.06. The third-order valence-corrected chi connectivity index (χ3v) is 4.63. The minimum absolute atomic E-state index is 0.102. The molecule has 0 bridgehead atoms. The first-order chi connectivity index (χ1) is 13.7. The summed E-state index contributed by atoms with van der Waals surface area (Å²) in [7, 11) is 3.34. The molecule has 0 unspecified atom stereocenters. The summed E-state index contributed by atoms with van der Waals surface area (Å²) in [6.45, 7) is 4.71. The van der Waals surface area contributed by atoms with E-state index in [2.05, 4.69) is 40.4 Å². The predicted molar refractivity (Wildman–Crippen MR) is 123 cm³/mol. The Kier molecular flexibility index (Phi) is 8.16. The van der Waals surface area contributed by atoms with Crippen molar-refractivity contribution in [2.45, 2.75) is 13.8 Å². The molecule has 154 valence electrons. The number of nitrogens with zero attached hydrogens (tertiary/aromatic N) is 1. The molecular weight excluding hydrogens is 454 g/mol. The maximum Gasteiger partial charge on any atom is 0.257 e. The molecule has 0 aliphatic rings. The number of carbonyl (C=O) groups excluding carboxylic acids is 2. The van der Waals surface area contributed by atoms with Crippen molar-refractivity contribution in [3.63, 3.8) is 0 Å². The van der Waals surface area contributed by atoms with Crippen LogP contribution in [0.2, 0.25) is 0 Å². The van der Waals surface area contributed by atoms with Crippen molar-refractivity contribution < 1.29 is 14.3 Å². The van der Waals surface area contributed by atoms with Gasteiger partial charge in [0.15, 0.2) is 5.11 Å². The summed E-state index contributed by atoms with van der Waals surface area (Å²) in [5.74, 6) is 0.542. The minimum Gasteiger partial charge on any atom is -0.492 e. The molecule has 2 N–H and O–H groups in total. The van der Waals surface area contributed by atoms with Crippen molar-refractivity contribution >= 4 is 50.8 Å². The van der Waals surface area contributed by atoms with Crippen LogP contribution in [0.3, 0.4) is 0 Å². The quantitative estimate of drug-likeness (QED) is 0.606. The Hall–Kier alpha value is -2.45. The van der Waals surface area contributed by atoms with Gasteiger partial charge < -0.3 is 15.0 Å². The van der Waals surface area contributed by atoms with Crippen LogP contribution in [0.5, 0.6) is 5.75 Å². The van der Waals surface area contributed by atoms with Crippen LogP contribution in [0.15, 0.2) is 46.9 Å². The zero-order valence-corrected chi connectivity index (χ0v) is 19.2. The highest BCUT2D eigenvalue weighted by Gasteiger charge is 2.15. The molecule has 0 radical (unpaired) electrons. The van der Waals surface area contributed by atoms with Gasteiger partial charge in [-0.15, -0.1) is 0 Å². The Labute approximate surface area is 184 Å². The van der Waals surface area contributed by atoms with Crippen molar-refractivity contribution in [2.24, 2.45) is 5.92 Å². The Bertz CT molecular complexity index is 916. The van der Waals surface area contributed by atoms with Crippen LogP contribution in [-0.4, -0.2) is 42.5 Å². The van der Waals surface area contributed by atoms with Crippen LogP contribution in [0, 0.1) is 5.92 Å². The van der Waals surface area contributed by atoms with Gasteiger partial charge in [-0.05, 0) is 64.4 Å². The molecule has 2 amide bonds. The van der Waals surface area contributed by atoms with E-state index in [0.717, 1.165) is 0 Å². The molecule has 0 atom stereocenters. The highest BCUT2D eigenvalue weighted by atomic mass is 79.9. The average molecular weight is 478 g/mol. The number of benzene rings is 2. The maximum absolute atomic E-state index is 12.5. The number of carbonyl (C=O) groups is 2. The molecule has 2 aromatic rings. The number of thiocarbonyl (C=S) groups is 1. The summed E-state index contributed by atoms with van der Waals surface area (Å²) in [5.41, 5.74) is 1.41. The van der Waals surface area contributed by atoms with E-state index in [-0.39, 0.29) is 16.9 Å². The Morgan fingerprint density at radius 3 is 2.48 bits per heavy atom. The number of rotatable bonds is 6. The molecule has 2 aromatic carbocycles. The van der Waals surface area contributed by atoms with E-state index in [1.165, 1.54) is 4.90 Å². The van der Waals surface area contributed by atoms with Crippen LogP contribution in [0.4, 0.5) is 5.69 Å². The van der Waals surface area contributed by atoms with E-state index in [9.17, 15) is 9.59 Å². The van der Waals surface area contributed by atoms with Crippen LogP contribution in [-0.2, 0) is 0 Å². The smallest absolute Gasteiger partial charge is 0.257 e. The van der Waals surface area contributed by atoms with Gasteiger partial charge in [-0.25, -0.2) is 0 Å². The summed E-state index contributed by atoms with van der Waals surface area (Å²) in [5, 5.41) is 5.66. The van der Waals surface area contributed by atoms with E-state index in [0.29, 0.717) is 39.6 Å². The lowest BCUT2D eigenvalue weighted by Crippen LogP contribution is -2.35. The summed E-state index contributed by atoms with van der Waals surface area (Å²) in [4.78, 5) is 26.3. The number of nitrogens with one attached hydrogen (secondary N) is 2. The molecule has 0 heterocycles. The fourth-order valence-corrected chi connectivity index (χ4v) is 3.06. The maximum atomic E-state index is 12.5. The molecule has 0 fully saturated rings. The van der Waals surface area contributed by atoms with Gasteiger partial charge in [0.2, 0.25) is 0 Å². The van der Waals surface area contributed by atoms with E-state index >= 15 is 0 Å². The number of para-hydroxylation sites is 1. The lowest BCUT2D eigenvalue weighted by molar-refractivity contribution is 0.0828. The van der Waals surface area contributed by atoms with Gasteiger partial charge in [-0.1, -0.05) is 26.0 Å². The molecular formula is C21H24BrN3O3S. The van der Waals surface area contributed by atoms with Gasteiger partial charge in [0.25, 0.3) is 11.8 Å². The third-order valence-electron chi connectivity index (χ3n) is 3.81. The number of halogens is 1. The zero-order valence-electron chi connectivity index (χ0n) is 16.8. The molecule has 0 aliphatic heterocycles. The molecule has 0 spiro atoms. The molecule has 0 aromatic heterocycles. The molecule has 8 heteroatoms. The average Bonchev–Trinajstić information content (AvgIpc) is 2.66. The molecule has 2 rings (SSSR count). The fourth-order valence-electron chi connectivity index (χ4n) is 2.36. The second kappa shape index (κ2) is 10.4. The lowest BCUT2D eigenvalue weighted by atomic mass is 10.1. The largest absolute Gasteiger partial charge is 0.492 e. The first-order valence-electron chi connectivity index (χ1n) is 9.04. The number of amides is 2. The highest BCUT2D eigenvalue weighted by molar-refractivity contribution is 9.10. The Morgan fingerprint density at radius 1 is 1.17 bits per heavy atom. The summed E-state index contributed by atoms with van der Waals surface area (Å²) < 4.78 is 6.38. The van der Waals surface area contributed by atoms with E-state index in [1.807, 2.05) is 0 Å². The van der Waals surface area contributed by atoms with Crippen LogP contribution in [0.1, 0.15) is 34.6 Å². The molecule has 29 heavy (non-hydrogen) atoms. The standard InChI is InChI=1S/C21H24BrN3O3S/c1-13(2)12-28-18-10-9-14(11-16(18)22)19(26)24-21(29)23-17-8-6-5-7-15(17)20(27)25(3)4/h5-11,13H,12H2,1-4H3,(H2,23,24,26,29). The minimum atomic E-state index is -0.366. The molecule has 6 nitrogen and oxygen atoms in total. The zero-order chi connectivity index (χ0) is 21.6. The van der Waals surface area contributed by atoms with Crippen molar-refractivity contribution in [3.8, 4) is 5.75 Å². The topological polar surface area (TPSA) is 70.7 Å². The van der Waals surface area contributed by atoms with Crippen molar-refractivity contribution in [1.29, 1.82) is 0 Å². The molecule has 0 saturated heterocycles. The van der Waals surface area contributed by atoms with Gasteiger partial charge in [0, 0.05) is 19.7 Å². The van der Waals surface area contributed by atoms with Gasteiger partial charge in [-0.3, -0.25) is 14.9 Å². The van der Waals surface area contributed by atoms with E-state index in [1.54, 1.807) is 56.6 Å². The summed E-state index contributed by atoms with van der Waals surface area (Å²) in [6, 6.07) is 12.1. The SMILES string of the molecule is CC(C)COc1ccc(C(=O)NC(=S)Nc2ccccc2C(=O)N(C)C)cc1Br. The number of ether oxygens (including phenoxy) is 1. The third kappa shape index (κ3) is 6.54. The molecule has 0 aliphatic carbocycles. The summed E-state index contributed by atoms with van der Waals surface area (Å²) >= 11 is 8.68. The normalized spacial score (nSPS) is 10.4. The number of hydrogen-bond donors (Lipinski definition) is 2. The molecule has 0 saturated carbocycles. The highest BCUT2D eigenvalue weighted by Crippen LogP contribution is 2.26. The van der Waals surface area contributed by atoms with Crippen molar-refractivity contribution in [2.75, 3.05) is 26.0 Å². The van der Waals surface area contributed by atoms with Gasteiger partial charge in [-0.2, -0.15) is 0 Å². The van der Waals surface area contributed by atoms with Gasteiger partial charge in [0.05, 0.1) is 22.3 Å². The second-order valence-electron chi connectivity index (χ2n) is 7.00. The number of hydrogen-bond acceptors (Lipinski definition) is 4. The summed E-state index contributed by atoms with van der Waals surface area (Å²) in [6.07, 6.45) is 0. The lowest BCUT2D eigenvalue weighted by Gasteiger charge is -2.16. The van der Waals surface area contributed by atoms with Gasteiger partial charge >= 0.3 is 0 Å². The number of anilines is 1. The van der Waals surface area contributed by atoms with E-state index in [4.69, 9.17) is 17.0 Å².